The molecule has 0 aromatic carbocycles. The van der Waals surface area contributed by atoms with Crippen LogP contribution in [0.15, 0.2) is 43.1 Å². The molecule has 82 valence electrons. The average Bonchev–Trinajstić information content (AvgIpc) is 2.38. The van der Waals surface area contributed by atoms with E-state index in [-0.39, 0.29) is 6.04 Å². The van der Waals surface area contributed by atoms with Gasteiger partial charge in [0.2, 0.25) is 0 Å². The third-order valence-electron chi connectivity index (χ3n) is 2.33. The second kappa shape index (κ2) is 5.29. The normalized spacial score (nSPS) is 12.3. The summed E-state index contributed by atoms with van der Waals surface area (Å²) in [6.07, 6.45) is 9.30. The first-order valence-electron chi connectivity index (χ1n) is 5.01. The summed E-state index contributed by atoms with van der Waals surface area (Å²) in [4.78, 5) is 12.2. The van der Waals surface area contributed by atoms with Gasteiger partial charge in [-0.25, -0.2) is 0 Å². The van der Waals surface area contributed by atoms with E-state index in [1.165, 1.54) is 0 Å². The number of pyridine rings is 1. The van der Waals surface area contributed by atoms with Gasteiger partial charge in [0.15, 0.2) is 0 Å². The summed E-state index contributed by atoms with van der Waals surface area (Å²) in [5.41, 5.74) is 4.74. The predicted molar refractivity (Wildman–Crippen MR) is 60.0 cm³/mol. The topological polar surface area (TPSA) is 76.7 Å². The van der Waals surface area contributed by atoms with Gasteiger partial charge in [0.05, 0.1) is 17.9 Å². The second-order valence-electron chi connectivity index (χ2n) is 3.41. The SMILES string of the molecule is NNC(Cc1ccncc1)c1cnccn1. The van der Waals surface area contributed by atoms with Gasteiger partial charge in [-0.05, 0) is 24.1 Å². The standard InChI is InChI=1S/C11H13N5/c12-16-10(11-8-14-5-6-15-11)7-9-1-3-13-4-2-9/h1-6,8,10,16H,7,12H2. The van der Waals surface area contributed by atoms with Gasteiger partial charge in [0.1, 0.15) is 0 Å². The molecule has 0 spiro atoms. The Hall–Kier alpha value is -1.85. The summed E-state index contributed by atoms with van der Waals surface area (Å²) in [7, 11) is 0. The van der Waals surface area contributed by atoms with Crippen LogP contribution in [0.4, 0.5) is 0 Å². The van der Waals surface area contributed by atoms with Gasteiger partial charge in [-0.2, -0.15) is 0 Å². The van der Waals surface area contributed by atoms with Gasteiger partial charge in [0.25, 0.3) is 0 Å². The first-order valence-corrected chi connectivity index (χ1v) is 5.01. The first kappa shape index (κ1) is 10.7. The molecule has 3 N–H and O–H groups in total. The lowest BCUT2D eigenvalue weighted by Crippen LogP contribution is -2.30. The fourth-order valence-electron chi connectivity index (χ4n) is 1.49. The van der Waals surface area contributed by atoms with E-state index >= 15 is 0 Å². The van der Waals surface area contributed by atoms with Crippen LogP contribution in [0, 0.1) is 0 Å². The van der Waals surface area contributed by atoms with Gasteiger partial charge in [-0.15, -0.1) is 0 Å². The lowest BCUT2D eigenvalue weighted by Gasteiger charge is -2.14. The average molecular weight is 215 g/mol. The summed E-state index contributed by atoms with van der Waals surface area (Å²) in [5, 5.41) is 0. The van der Waals surface area contributed by atoms with E-state index in [1.807, 2.05) is 12.1 Å². The molecule has 2 heterocycles. The van der Waals surface area contributed by atoms with Gasteiger partial charge < -0.3 is 0 Å². The van der Waals surface area contributed by atoms with Gasteiger partial charge in [-0.3, -0.25) is 26.2 Å². The molecule has 5 heteroatoms. The lowest BCUT2D eigenvalue weighted by molar-refractivity contribution is 0.536. The number of nitrogens with one attached hydrogen (secondary N) is 1. The predicted octanol–water partition coefficient (Wildman–Crippen LogP) is 0.619. The molecule has 0 amide bonds. The van der Waals surface area contributed by atoms with Crippen molar-refractivity contribution in [1.29, 1.82) is 0 Å². The van der Waals surface area contributed by atoms with Crippen molar-refractivity contribution in [3.8, 4) is 0 Å². The molecule has 0 bridgehead atoms. The highest BCUT2D eigenvalue weighted by atomic mass is 15.2. The highest BCUT2D eigenvalue weighted by molar-refractivity contribution is 5.14. The highest BCUT2D eigenvalue weighted by Gasteiger charge is 2.11. The maximum absolute atomic E-state index is 5.52. The maximum Gasteiger partial charge on any atom is 0.0772 e. The summed E-state index contributed by atoms with van der Waals surface area (Å²) in [5.74, 6) is 5.52. The van der Waals surface area contributed by atoms with Crippen molar-refractivity contribution in [3.63, 3.8) is 0 Å². The molecular weight excluding hydrogens is 202 g/mol. The van der Waals surface area contributed by atoms with E-state index in [1.54, 1.807) is 31.0 Å². The minimum absolute atomic E-state index is 0.0314. The Labute approximate surface area is 93.7 Å². The van der Waals surface area contributed by atoms with Crippen LogP contribution in [0.5, 0.6) is 0 Å². The molecule has 0 fully saturated rings. The molecule has 1 unspecified atom stereocenters. The highest BCUT2D eigenvalue weighted by Crippen LogP contribution is 2.13. The van der Waals surface area contributed by atoms with Crippen molar-refractivity contribution in [2.75, 3.05) is 0 Å². The zero-order valence-electron chi connectivity index (χ0n) is 8.74. The van der Waals surface area contributed by atoms with Crippen molar-refractivity contribution in [2.24, 2.45) is 5.84 Å². The smallest absolute Gasteiger partial charge is 0.0772 e. The first-order chi connectivity index (χ1) is 7.90. The molecule has 1 atom stereocenters. The number of nitrogens with two attached hydrogens (primary N) is 1. The molecule has 0 radical (unpaired) electrons. The van der Waals surface area contributed by atoms with Crippen molar-refractivity contribution >= 4 is 0 Å². The quantitative estimate of drug-likeness (QED) is 0.577. The van der Waals surface area contributed by atoms with Crippen LogP contribution in [-0.2, 0) is 6.42 Å². The molecule has 0 saturated carbocycles. The van der Waals surface area contributed by atoms with Crippen LogP contribution in [0.25, 0.3) is 0 Å². The van der Waals surface area contributed by atoms with Crippen LogP contribution in [0.2, 0.25) is 0 Å². The third kappa shape index (κ3) is 2.59. The zero-order chi connectivity index (χ0) is 11.2. The molecule has 2 aromatic heterocycles. The Morgan fingerprint density at radius 1 is 1.12 bits per heavy atom. The molecule has 0 saturated heterocycles. The molecule has 0 aliphatic heterocycles. The number of aromatic nitrogens is 3. The van der Waals surface area contributed by atoms with E-state index < -0.39 is 0 Å². The Morgan fingerprint density at radius 3 is 2.56 bits per heavy atom. The Kier molecular flexibility index (Phi) is 3.53. The van der Waals surface area contributed by atoms with E-state index in [9.17, 15) is 0 Å². The van der Waals surface area contributed by atoms with Gasteiger partial charge >= 0.3 is 0 Å². The summed E-state index contributed by atoms with van der Waals surface area (Å²) in [6, 6.07) is 3.89. The molecule has 5 nitrogen and oxygen atoms in total. The fourth-order valence-corrected chi connectivity index (χ4v) is 1.49. The Balaban J connectivity index is 2.13. The summed E-state index contributed by atoms with van der Waals surface area (Å²) in [6.45, 7) is 0. The third-order valence-corrected chi connectivity index (χ3v) is 2.33. The van der Waals surface area contributed by atoms with E-state index in [2.05, 4.69) is 20.4 Å². The molecule has 0 aliphatic carbocycles. The monoisotopic (exact) mass is 215 g/mol. The minimum atomic E-state index is -0.0314. The van der Waals surface area contributed by atoms with Crippen molar-refractivity contribution in [2.45, 2.75) is 12.5 Å². The van der Waals surface area contributed by atoms with Crippen LogP contribution < -0.4 is 11.3 Å². The van der Waals surface area contributed by atoms with Crippen LogP contribution in [-0.4, -0.2) is 15.0 Å². The van der Waals surface area contributed by atoms with Crippen LogP contribution in [0.1, 0.15) is 17.3 Å². The van der Waals surface area contributed by atoms with Crippen molar-refractivity contribution < 1.29 is 0 Å². The molecule has 2 rings (SSSR count). The van der Waals surface area contributed by atoms with Crippen molar-refractivity contribution in [1.82, 2.24) is 20.4 Å². The second-order valence-corrected chi connectivity index (χ2v) is 3.41. The fraction of sp³-hybridized carbons (Fsp3) is 0.182. The molecule has 16 heavy (non-hydrogen) atoms. The summed E-state index contributed by atoms with van der Waals surface area (Å²) >= 11 is 0. The Morgan fingerprint density at radius 2 is 1.94 bits per heavy atom. The number of hydrogen-bond acceptors (Lipinski definition) is 5. The molecular formula is C11H13N5. The number of hydrazine groups is 1. The number of rotatable bonds is 4. The maximum atomic E-state index is 5.52. The number of hydrogen-bond donors (Lipinski definition) is 2. The van der Waals surface area contributed by atoms with Crippen LogP contribution in [0.3, 0.4) is 0 Å². The van der Waals surface area contributed by atoms with Gasteiger partial charge in [0, 0.05) is 24.8 Å². The van der Waals surface area contributed by atoms with Crippen molar-refractivity contribution in [3.05, 3.63) is 54.4 Å². The summed E-state index contributed by atoms with van der Waals surface area (Å²) < 4.78 is 0. The van der Waals surface area contributed by atoms with Crippen LogP contribution >= 0.6 is 0 Å². The Bertz CT molecular complexity index is 417. The van der Waals surface area contributed by atoms with E-state index in [0.717, 1.165) is 17.7 Å². The number of nitrogens with zero attached hydrogens (tertiary/aromatic N) is 3. The van der Waals surface area contributed by atoms with Gasteiger partial charge in [-0.1, -0.05) is 0 Å². The molecule has 2 aromatic rings. The van der Waals surface area contributed by atoms with E-state index in [4.69, 9.17) is 5.84 Å². The minimum Gasteiger partial charge on any atom is -0.271 e. The largest absolute Gasteiger partial charge is 0.271 e. The molecule has 0 aliphatic rings. The zero-order valence-corrected chi connectivity index (χ0v) is 8.74. The van der Waals surface area contributed by atoms with E-state index in [0.29, 0.717) is 0 Å². The lowest BCUT2D eigenvalue weighted by atomic mass is 10.1.